The predicted molar refractivity (Wildman–Crippen MR) is 104 cm³/mol. The monoisotopic (exact) mass is 382 g/mol. The van der Waals surface area contributed by atoms with E-state index in [9.17, 15) is 14.7 Å². The van der Waals surface area contributed by atoms with Gasteiger partial charge in [-0.3, -0.25) is 10.2 Å². The zero-order valence-electron chi connectivity index (χ0n) is 16.8. The van der Waals surface area contributed by atoms with Gasteiger partial charge in [0.05, 0.1) is 24.3 Å². The second-order valence-electron chi connectivity index (χ2n) is 6.97. The van der Waals surface area contributed by atoms with Crippen LogP contribution in [0.2, 0.25) is 0 Å². The van der Waals surface area contributed by atoms with Crippen LogP contribution in [-0.4, -0.2) is 58.7 Å². The number of nitrogens with two attached hydrogens (primary N) is 1. The Balaban J connectivity index is 3.30. The molecule has 0 spiro atoms. The summed E-state index contributed by atoms with van der Waals surface area (Å²) in [7, 11) is 0. The highest BCUT2D eigenvalue weighted by Crippen LogP contribution is 2.28. The Morgan fingerprint density at radius 2 is 2.04 bits per heavy atom. The third-order valence-electron chi connectivity index (χ3n) is 4.93. The van der Waals surface area contributed by atoms with E-state index in [-0.39, 0.29) is 30.0 Å². The van der Waals surface area contributed by atoms with Crippen LogP contribution in [-0.2, 0) is 14.3 Å². The lowest BCUT2D eigenvalue weighted by atomic mass is 9.86. The molecule has 1 rings (SSSR count). The van der Waals surface area contributed by atoms with Crippen molar-refractivity contribution in [3.63, 3.8) is 0 Å². The number of ether oxygens (including phenoxy) is 1. The SMILES string of the molecule is CCCCN(C(=N)N)[C@H]1CC(C(=O)O)=C[C@@H](OC(CC)CC)[C@@H]1NC(C)=O. The first-order valence-corrected chi connectivity index (χ1v) is 9.72. The lowest BCUT2D eigenvalue weighted by Crippen LogP contribution is -2.61. The molecule has 154 valence electrons. The van der Waals surface area contributed by atoms with E-state index in [0.29, 0.717) is 6.54 Å². The quantitative estimate of drug-likeness (QED) is 0.337. The molecule has 8 nitrogen and oxygen atoms in total. The van der Waals surface area contributed by atoms with Crippen LogP contribution in [0.3, 0.4) is 0 Å². The number of hydrogen-bond donors (Lipinski definition) is 4. The molecule has 0 bridgehead atoms. The molecule has 27 heavy (non-hydrogen) atoms. The molecule has 0 saturated heterocycles. The van der Waals surface area contributed by atoms with Gasteiger partial charge in [0.15, 0.2) is 5.96 Å². The van der Waals surface area contributed by atoms with Crippen LogP contribution in [0.15, 0.2) is 11.6 Å². The topological polar surface area (TPSA) is 129 Å². The molecule has 0 fully saturated rings. The summed E-state index contributed by atoms with van der Waals surface area (Å²) in [4.78, 5) is 25.2. The van der Waals surface area contributed by atoms with Gasteiger partial charge >= 0.3 is 5.97 Å². The fraction of sp³-hybridized carbons (Fsp3) is 0.737. The van der Waals surface area contributed by atoms with E-state index in [1.807, 2.05) is 20.8 Å². The maximum absolute atomic E-state index is 11.8. The molecule has 0 aromatic carbocycles. The van der Waals surface area contributed by atoms with Gasteiger partial charge in [-0.15, -0.1) is 0 Å². The third kappa shape index (κ3) is 6.53. The number of carbonyl (C=O) groups excluding carboxylic acids is 1. The third-order valence-corrected chi connectivity index (χ3v) is 4.93. The normalized spacial score (nSPS) is 22.3. The molecule has 0 aromatic heterocycles. The van der Waals surface area contributed by atoms with Crippen LogP contribution >= 0.6 is 0 Å². The first-order chi connectivity index (χ1) is 12.7. The molecule has 0 unspecified atom stereocenters. The van der Waals surface area contributed by atoms with E-state index in [4.69, 9.17) is 15.9 Å². The minimum absolute atomic E-state index is 0.0438. The number of guanidine groups is 1. The van der Waals surface area contributed by atoms with Crippen molar-refractivity contribution in [3.05, 3.63) is 11.6 Å². The maximum Gasteiger partial charge on any atom is 0.331 e. The fourth-order valence-corrected chi connectivity index (χ4v) is 3.44. The number of rotatable bonds is 10. The summed E-state index contributed by atoms with van der Waals surface area (Å²) in [6.07, 6.45) is 4.44. The summed E-state index contributed by atoms with van der Waals surface area (Å²) >= 11 is 0. The number of unbranched alkanes of at least 4 members (excludes halogenated alkanes) is 1. The minimum atomic E-state index is -1.02. The molecular formula is C19H34N4O4. The van der Waals surface area contributed by atoms with Gasteiger partial charge in [0.25, 0.3) is 0 Å². The summed E-state index contributed by atoms with van der Waals surface area (Å²) in [6, 6.07) is -0.930. The van der Waals surface area contributed by atoms with E-state index in [1.165, 1.54) is 6.92 Å². The molecule has 0 heterocycles. The first kappa shape index (κ1) is 23.0. The summed E-state index contributed by atoms with van der Waals surface area (Å²) in [5.41, 5.74) is 6.03. The van der Waals surface area contributed by atoms with E-state index in [1.54, 1.807) is 11.0 Å². The Labute approximate surface area is 161 Å². The highest BCUT2D eigenvalue weighted by molar-refractivity contribution is 5.87. The van der Waals surface area contributed by atoms with Crippen molar-refractivity contribution >= 4 is 17.8 Å². The van der Waals surface area contributed by atoms with Crippen molar-refractivity contribution in [2.24, 2.45) is 5.73 Å². The van der Waals surface area contributed by atoms with Gasteiger partial charge < -0.3 is 25.8 Å². The second-order valence-corrected chi connectivity index (χ2v) is 6.97. The predicted octanol–water partition coefficient (Wildman–Crippen LogP) is 1.84. The lowest BCUT2D eigenvalue weighted by molar-refractivity contribution is -0.133. The molecule has 0 aromatic rings. The molecule has 1 aliphatic rings. The maximum atomic E-state index is 11.8. The standard InChI is InChI=1S/C19H34N4O4/c1-5-8-9-23(19(20)21)15-10-13(18(25)26)11-16(17(15)22-12(4)24)27-14(6-2)7-3/h11,14-17H,5-10H2,1-4H3,(H3,20,21)(H,22,24)(H,25,26)/t15-,16+,17+/m0/s1. The molecule has 0 aliphatic heterocycles. The van der Waals surface area contributed by atoms with E-state index in [2.05, 4.69) is 5.32 Å². The van der Waals surface area contributed by atoms with Gasteiger partial charge in [0.2, 0.25) is 5.91 Å². The van der Waals surface area contributed by atoms with Crippen LogP contribution < -0.4 is 11.1 Å². The average molecular weight is 383 g/mol. The molecule has 1 aliphatic carbocycles. The highest BCUT2D eigenvalue weighted by Gasteiger charge is 2.40. The van der Waals surface area contributed by atoms with Gasteiger partial charge in [0.1, 0.15) is 0 Å². The molecule has 3 atom stereocenters. The summed E-state index contributed by atoms with van der Waals surface area (Å²) in [5.74, 6) is -1.37. The van der Waals surface area contributed by atoms with Crippen molar-refractivity contribution in [3.8, 4) is 0 Å². The molecule has 8 heteroatoms. The largest absolute Gasteiger partial charge is 0.478 e. The number of nitrogens with one attached hydrogen (secondary N) is 2. The van der Waals surface area contributed by atoms with Crippen molar-refractivity contribution in [1.82, 2.24) is 10.2 Å². The molecule has 0 saturated carbocycles. The zero-order valence-corrected chi connectivity index (χ0v) is 16.8. The first-order valence-electron chi connectivity index (χ1n) is 9.72. The van der Waals surface area contributed by atoms with Crippen molar-refractivity contribution < 1.29 is 19.4 Å². The zero-order chi connectivity index (χ0) is 20.6. The van der Waals surface area contributed by atoms with Gasteiger partial charge in [-0.1, -0.05) is 27.2 Å². The average Bonchev–Trinajstić information content (AvgIpc) is 2.60. The molecule has 0 radical (unpaired) electrons. The van der Waals surface area contributed by atoms with Crippen molar-refractivity contribution in [2.75, 3.05) is 6.54 Å². The minimum Gasteiger partial charge on any atom is -0.478 e. The number of amides is 1. The number of aliphatic carboxylic acids is 1. The van der Waals surface area contributed by atoms with Gasteiger partial charge in [-0.05, 0) is 25.3 Å². The van der Waals surface area contributed by atoms with Crippen LogP contribution in [0.5, 0.6) is 0 Å². The summed E-state index contributed by atoms with van der Waals surface area (Å²) < 4.78 is 6.16. The van der Waals surface area contributed by atoms with Crippen molar-refractivity contribution in [1.29, 1.82) is 5.41 Å². The Morgan fingerprint density at radius 1 is 1.41 bits per heavy atom. The van der Waals surface area contributed by atoms with Crippen LogP contribution in [0.1, 0.15) is 59.8 Å². The lowest BCUT2D eigenvalue weighted by Gasteiger charge is -2.43. The summed E-state index contributed by atoms with van der Waals surface area (Å²) in [6.45, 7) is 7.99. The molecular weight excluding hydrogens is 348 g/mol. The number of carboxylic acids is 1. The van der Waals surface area contributed by atoms with Crippen LogP contribution in [0, 0.1) is 5.41 Å². The second kappa shape index (κ2) is 10.9. The number of carbonyl (C=O) groups is 2. The molecule has 5 N–H and O–H groups in total. The smallest absolute Gasteiger partial charge is 0.331 e. The Bertz CT molecular complexity index is 560. The Morgan fingerprint density at radius 3 is 2.48 bits per heavy atom. The van der Waals surface area contributed by atoms with Crippen LogP contribution in [0.4, 0.5) is 0 Å². The van der Waals surface area contributed by atoms with Gasteiger partial charge in [-0.2, -0.15) is 0 Å². The van der Waals surface area contributed by atoms with E-state index >= 15 is 0 Å². The fourth-order valence-electron chi connectivity index (χ4n) is 3.44. The van der Waals surface area contributed by atoms with E-state index < -0.39 is 24.2 Å². The molecule has 1 amide bonds. The Hall–Kier alpha value is -2.09. The van der Waals surface area contributed by atoms with Crippen LogP contribution in [0.25, 0.3) is 0 Å². The number of carboxylic acid groups (broad SMARTS) is 1. The number of nitrogens with zero attached hydrogens (tertiary/aromatic N) is 1. The Kier molecular flexibility index (Phi) is 9.28. The highest BCUT2D eigenvalue weighted by atomic mass is 16.5. The summed E-state index contributed by atoms with van der Waals surface area (Å²) in [5, 5.41) is 20.5. The van der Waals surface area contributed by atoms with Gasteiger partial charge in [0, 0.05) is 25.5 Å². The van der Waals surface area contributed by atoms with Crippen molar-refractivity contribution in [2.45, 2.75) is 84.1 Å². The van der Waals surface area contributed by atoms with Gasteiger partial charge in [-0.25, -0.2) is 4.79 Å². The van der Waals surface area contributed by atoms with E-state index in [0.717, 1.165) is 25.7 Å². The number of hydrogen-bond acceptors (Lipinski definition) is 4.